The van der Waals surface area contributed by atoms with E-state index in [9.17, 15) is 19.2 Å². The standard InChI is InChI=1S/C17H18N4O4/c1-3-21(12-7-13(22)19-16(12)24)14(23)8-20-9-18-15-10(2)5-4-6-11(15)17(20)25/h4-6,9,12H,3,7-8H2,1-2H3,(H,19,22,24)/t12-/m0/s1. The molecule has 8 heteroatoms. The predicted molar refractivity (Wildman–Crippen MR) is 89.7 cm³/mol. The Hall–Kier alpha value is -3.03. The summed E-state index contributed by atoms with van der Waals surface area (Å²) in [5, 5.41) is 2.63. The predicted octanol–water partition coefficient (Wildman–Crippen LogP) is -0.0315. The molecule has 2 aromatic rings. The van der Waals surface area contributed by atoms with Crippen molar-refractivity contribution in [2.24, 2.45) is 0 Å². The number of aryl methyl sites for hydroxylation is 1. The van der Waals surface area contributed by atoms with E-state index in [0.717, 1.165) is 5.56 Å². The number of likely N-dealkylation sites (N-methyl/N-ethyl adjacent to an activating group) is 1. The van der Waals surface area contributed by atoms with Crippen LogP contribution in [0, 0.1) is 6.92 Å². The van der Waals surface area contributed by atoms with Gasteiger partial charge in [0.1, 0.15) is 12.6 Å². The monoisotopic (exact) mass is 342 g/mol. The fraction of sp³-hybridized carbons (Fsp3) is 0.353. The Labute approximate surface area is 143 Å². The van der Waals surface area contributed by atoms with Crippen molar-refractivity contribution in [1.82, 2.24) is 19.8 Å². The first-order valence-corrected chi connectivity index (χ1v) is 8.00. The van der Waals surface area contributed by atoms with E-state index in [1.807, 2.05) is 13.0 Å². The lowest BCUT2D eigenvalue weighted by molar-refractivity contribution is -0.139. The van der Waals surface area contributed by atoms with Crippen LogP contribution in [0.5, 0.6) is 0 Å². The van der Waals surface area contributed by atoms with Gasteiger partial charge in [-0.2, -0.15) is 0 Å². The van der Waals surface area contributed by atoms with Gasteiger partial charge in [0.05, 0.1) is 23.7 Å². The topological polar surface area (TPSA) is 101 Å². The van der Waals surface area contributed by atoms with Gasteiger partial charge in [-0.1, -0.05) is 12.1 Å². The van der Waals surface area contributed by atoms with Crippen molar-refractivity contribution in [3.8, 4) is 0 Å². The summed E-state index contributed by atoms with van der Waals surface area (Å²) in [5.41, 5.74) is 1.17. The highest BCUT2D eigenvalue weighted by molar-refractivity contribution is 6.06. The van der Waals surface area contributed by atoms with E-state index < -0.39 is 23.8 Å². The number of benzene rings is 1. The fourth-order valence-corrected chi connectivity index (χ4v) is 3.05. The van der Waals surface area contributed by atoms with E-state index in [4.69, 9.17) is 0 Å². The zero-order valence-electron chi connectivity index (χ0n) is 14.0. The van der Waals surface area contributed by atoms with Crippen molar-refractivity contribution < 1.29 is 14.4 Å². The molecule has 1 atom stereocenters. The summed E-state index contributed by atoms with van der Waals surface area (Å²) in [6.07, 6.45) is 1.28. The summed E-state index contributed by atoms with van der Waals surface area (Å²) in [6.45, 7) is 3.61. The van der Waals surface area contributed by atoms with E-state index in [2.05, 4.69) is 10.3 Å². The Kier molecular flexibility index (Phi) is 4.35. The first kappa shape index (κ1) is 16.8. The summed E-state index contributed by atoms with van der Waals surface area (Å²) in [4.78, 5) is 53.9. The van der Waals surface area contributed by atoms with Crippen LogP contribution in [0.3, 0.4) is 0 Å². The number of nitrogens with one attached hydrogen (secondary N) is 1. The molecule has 0 saturated carbocycles. The number of para-hydroxylation sites is 1. The number of carbonyl (C=O) groups is 3. The van der Waals surface area contributed by atoms with Crippen LogP contribution in [0.25, 0.3) is 10.9 Å². The van der Waals surface area contributed by atoms with Gasteiger partial charge in [0.15, 0.2) is 0 Å². The maximum atomic E-state index is 12.6. The number of hydrogen-bond acceptors (Lipinski definition) is 5. The van der Waals surface area contributed by atoms with Crippen LogP contribution in [-0.2, 0) is 20.9 Å². The maximum Gasteiger partial charge on any atom is 0.261 e. The zero-order valence-corrected chi connectivity index (χ0v) is 14.0. The molecule has 0 spiro atoms. The Morgan fingerprint density at radius 2 is 2.12 bits per heavy atom. The van der Waals surface area contributed by atoms with Crippen LogP contribution in [0.1, 0.15) is 18.9 Å². The van der Waals surface area contributed by atoms with Crippen molar-refractivity contribution in [2.45, 2.75) is 32.9 Å². The zero-order chi connectivity index (χ0) is 18.1. The number of hydrogen-bond donors (Lipinski definition) is 1. The van der Waals surface area contributed by atoms with Crippen molar-refractivity contribution in [3.05, 3.63) is 40.4 Å². The lowest BCUT2D eigenvalue weighted by atomic mass is 10.1. The Morgan fingerprint density at radius 1 is 1.36 bits per heavy atom. The summed E-state index contributed by atoms with van der Waals surface area (Å²) >= 11 is 0. The Bertz CT molecular complexity index is 934. The molecule has 25 heavy (non-hydrogen) atoms. The normalized spacial score (nSPS) is 17.0. The molecular formula is C17H18N4O4. The second-order valence-corrected chi connectivity index (χ2v) is 5.96. The van der Waals surface area contributed by atoms with E-state index >= 15 is 0 Å². The van der Waals surface area contributed by atoms with Crippen LogP contribution in [-0.4, -0.2) is 44.8 Å². The van der Waals surface area contributed by atoms with Crippen molar-refractivity contribution in [3.63, 3.8) is 0 Å². The highest BCUT2D eigenvalue weighted by atomic mass is 16.2. The van der Waals surface area contributed by atoms with Gasteiger partial charge in [-0.15, -0.1) is 0 Å². The number of aromatic nitrogens is 2. The molecule has 1 fully saturated rings. The third-order valence-electron chi connectivity index (χ3n) is 4.34. The number of rotatable bonds is 4. The number of nitrogens with zero attached hydrogens (tertiary/aromatic N) is 3. The highest BCUT2D eigenvalue weighted by Gasteiger charge is 2.37. The second-order valence-electron chi connectivity index (χ2n) is 5.96. The summed E-state index contributed by atoms with van der Waals surface area (Å²) in [7, 11) is 0. The molecule has 130 valence electrons. The van der Waals surface area contributed by atoms with Crippen LogP contribution in [0.4, 0.5) is 0 Å². The molecular weight excluding hydrogens is 324 g/mol. The van der Waals surface area contributed by atoms with Gasteiger partial charge in [0.25, 0.3) is 5.56 Å². The molecule has 1 N–H and O–H groups in total. The minimum absolute atomic E-state index is 0.0531. The molecule has 0 bridgehead atoms. The quantitative estimate of drug-likeness (QED) is 0.786. The van der Waals surface area contributed by atoms with E-state index in [0.29, 0.717) is 10.9 Å². The Balaban J connectivity index is 1.88. The van der Waals surface area contributed by atoms with Gasteiger partial charge >= 0.3 is 0 Å². The van der Waals surface area contributed by atoms with Gasteiger partial charge in [-0.05, 0) is 25.5 Å². The SMILES string of the molecule is CCN(C(=O)Cn1cnc2c(C)cccc2c1=O)[C@H]1CC(=O)NC1=O. The molecule has 1 aromatic heterocycles. The first-order chi connectivity index (χ1) is 11.9. The van der Waals surface area contributed by atoms with Crippen LogP contribution < -0.4 is 10.9 Å². The van der Waals surface area contributed by atoms with Crippen LogP contribution in [0.2, 0.25) is 0 Å². The average Bonchev–Trinajstić information content (AvgIpc) is 2.90. The van der Waals surface area contributed by atoms with Crippen molar-refractivity contribution in [2.75, 3.05) is 6.54 Å². The summed E-state index contributed by atoms with van der Waals surface area (Å²) in [6, 6.07) is 4.47. The third-order valence-corrected chi connectivity index (χ3v) is 4.34. The number of carbonyl (C=O) groups excluding carboxylic acids is 3. The molecule has 0 radical (unpaired) electrons. The van der Waals surface area contributed by atoms with Crippen LogP contribution in [0.15, 0.2) is 29.3 Å². The fourth-order valence-electron chi connectivity index (χ4n) is 3.05. The van der Waals surface area contributed by atoms with E-state index in [1.165, 1.54) is 15.8 Å². The van der Waals surface area contributed by atoms with Gasteiger partial charge in [-0.25, -0.2) is 4.98 Å². The van der Waals surface area contributed by atoms with Crippen molar-refractivity contribution in [1.29, 1.82) is 0 Å². The molecule has 3 rings (SSSR count). The molecule has 0 aliphatic carbocycles. The lowest BCUT2D eigenvalue weighted by Gasteiger charge is -2.25. The number of imide groups is 1. The first-order valence-electron chi connectivity index (χ1n) is 8.00. The number of fused-ring (bicyclic) bond motifs is 1. The summed E-state index contributed by atoms with van der Waals surface area (Å²) in [5.74, 6) is -1.30. The smallest absolute Gasteiger partial charge is 0.261 e. The molecule has 1 aromatic carbocycles. The van der Waals surface area contributed by atoms with Gasteiger partial charge < -0.3 is 4.90 Å². The molecule has 1 aliphatic rings. The average molecular weight is 342 g/mol. The molecule has 1 saturated heterocycles. The van der Waals surface area contributed by atoms with E-state index in [1.54, 1.807) is 19.1 Å². The van der Waals surface area contributed by atoms with Gasteiger partial charge in [-0.3, -0.25) is 29.1 Å². The molecule has 0 unspecified atom stereocenters. The minimum atomic E-state index is -0.823. The maximum absolute atomic E-state index is 12.6. The molecule has 2 heterocycles. The third kappa shape index (κ3) is 3.02. The van der Waals surface area contributed by atoms with Crippen LogP contribution >= 0.6 is 0 Å². The van der Waals surface area contributed by atoms with Gasteiger partial charge in [0, 0.05) is 6.54 Å². The molecule has 3 amide bonds. The van der Waals surface area contributed by atoms with E-state index in [-0.39, 0.29) is 25.1 Å². The summed E-state index contributed by atoms with van der Waals surface area (Å²) < 4.78 is 1.22. The Morgan fingerprint density at radius 3 is 2.76 bits per heavy atom. The largest absolute Gasteiger partial charge is 0.329 e. The molecule has 8 nitrogen and oxygen atoms in total. The van der Waals surface area contributed by atoms with Gasteiger partial charge in [0.2, 0.25) is 17.7 Å². The number of amides is 3. The highest BCUT2D eigenvalue weighted by Crippen LogP contribution is 2.13. The van der Waals surface area contributed by atoms with Crippen molar-refractivity contribution >= 4 is 28.6 Å². The lowest BCUT2D eigenvalue weighted by Crippen LogP contribution is -2.46. The minimum Gasteiger partial charge on any atom is -0.329 e. The molecule has 1 aliphatic heterocycles. The second kappa shape index (κ2) is 6.46.